The zero-order valence-corrected chi connectivity index (χ0v) is 22.5. The highest BCUT2D eigenvalue weighted by Gasteiger charge is 2.71. The largest absolute Gasteiger partial charge is 0.461 e. The summed E-state index contributed by atoms with van der Waals surface area (Å²) in [4.78, 5) is 38.4. The molecule has 1 spiro atoms. The number of esters is 1. The fourth-order valence-corrected chi connectivity index (χ4v) is 10.2. The molecule has 0 saturated heterocycles. The maximum atomic E-state index is 13.2. The highest BCUT2D eigenvalue weighted by Crippen LogP contribution is 2.77. The van der Waals surface area contributed by atoms with Crippen LogP contribution in [0.4, 0.5) is 0 Å². The smallest absolute Gasteiger partial charge is 0.308 e. The summed E-state index contributed by atoms with van der Waals surface area (Å²) in [6.45, 7) is 12.5. The van der Waals surface area contributed by atoms with Gasteiger partial charge in [-0.25, -0.2) is 0 Å². The van der Waals surface area contributed by atoms with Crippen molar-refractivity contribution >= 4 is 17.5 Å². The molecule has 5 rings (SSSR count). The van der Waals surface area contributed by atoms with Gasteiger partial charge in [0.2, 0.25) is 0 Å². The van der Waals surface area contributed by atoms with Gasteiger partial charge in [0.25, 0.3) is 0 Å². The van der Waals surface area contributed by atoms with Crippen LogP contribution in [0.15, 0.2) is 11.6 Å². The molecule has 0 aromatic rings. The molecule has 0 aromatic heterocycles. The molecule has 4 fully saturated rings. The van der Waals surface area contributed by atoms with Crippen LogP contribution in [0.3, 0.4) is 0 Å². The van der Waals surface area contributed by atoms with Crippen LogP contribution in [0.2, 0.25) is 0 Å². The number of hydrogen-bond donors (Lipinski definition) is 1. The van der Waals surface area contributed by atoms with Gasteiger partial charge in [0.05, 0.1) is 18.1 Å². The first-order chi connectivity index (χ1) is 16.3. The first-order valence-electron chi connectivity index (χ1n) is 13.9. The molecule has 0 amide bonds. The van der Waals surface area contributed by atoms with E-state index in [2.05, 4.69) is 27.7 Å². The SMILES string of the molecule is CC(=O)C1=C[C@@]2(C)[C@@H](OC(=O)CC(C)O)C[C@H]3[C@@](C)(CC[C@@H]4[C@]3(C)CCC[C@@]43C[C@@H]3C)[C@@H]2CC1=O. The van der Waals surface area contributed by atoms with Crippen LogP contribution in [0.5, 0.6) is 0 Å². The van der Waals surface area contributed by atoms with Gasteiger partial charge in [0.15, 0.2) is 11.6 Å². The summed E-state index contributed by atoms with van der Waals surface area (Å²) >= 11 is 0. The summed E-state index contributed by atoms with van der Waals surface area (Å²) in [5.41, 5.74) is 0.304. The zero-order chi connectivity index (χ0) is 25.6. The van der Waals surface area contributed by atoms with Gasteiger partial charge in [-0.3, -0.25) is 14.4 Å². The Hall–Kier alpha value is -1.49. The van der Waals surface area contributed by atoms with E-state index in [0.717, 1.165) is 18.8 Å². The molecule has 5 heteroatoms. The minimum absolute atomic E-state index is 0.0287. The molecule has 194 valence electrons. The van der Waals surface area contributed by atoms with E-state index in [4.69, 9.17) is 4.74 Å². The summed E-state index contributed by atoms with van der Waals surface area (Å²) < 4.78 is 6.18. The van der Waals surface area contributed by atoms with E-state index in [1.807, 2.05) is 6.08 Å². The molecule has 5 aliphatic rings. The number of aliphatic hydroxyl groups is 1. The molecule has 1 unspecified atom stereocenters. The van der Waals surface area contributed by atoms with Crippen molar-refractivity contribution in [2.45, 2.75) is 112 Å². The molecule has 5 aliphatic carbocycles. The van der Waals surface area contributed by atoms with E-state index in [1.54, 1.807) is 6.92 Å². The van der Waals surface area contributed by atoms with E-state index in [9.17, 15) is 19.5 Å². The first-order valence-corrected chi connectivity index (χ1v) is 13.9. The highest BCUT2D eigenvalue weighted by atomic mass is 16.5. The minimum atomic E-state index is -0.762. The van der Waals surface area contributed by atoms with Crippen LogP contribution >= 0.6 is 0 Å². The lowest BCUT2D eigenvalue weighted by atomic mass is 9.36. The summed E-state index contributed by atoms with van der Waals surface area (Å²) in [6.07, 6.45) is 9.23. The lowest BCUT2D eigenvalue weighted by Crippen LogP contribution is -2.65. The van der Waals surface area contributed by atoms with Crippen LogP contribution in [0.25, 0.3) is 0 Å². The number of aliphatic hydroxyl groups excluding tert-OH is 1. The van der Waals surface area contributed by atoms with E-state index < -0.39 is 23.6 Å². The number of fused-ring (bicyclic) bond motifs is 6. The predicted molar refractivity (Wildman–Crippen MR) is 133 cm³/mol. The van der Waals surface area contributed by atoms with Crippen molar-refractivity contribution < 1.29 is 24.2 Å². The standard InChI is InChI=1S/C30H44O5/c1-17-15-30(17)10-7-9-27(4)22(30)8-11-28(5)23-13-21(33)20(19(3)32)16-29(23,6)25(14-24(27)28)35-26(34)12-18(2)31/h16-18,22-25,31H,7-15H2,1-6H3/t17-,18?,22+,23-,24+,25-,27-,28-,29+,30-/m0/s1. The Morgan fingerprint density at radius 3 is 2.37 bits per heavy atom. The Labute approximate surface area is 210 Å². The van der Waals surface area contributed by atoms with E-state index >= 15 is 0 Å². The van der Waals surface area contributed by atoms with Crippen molar-refractivity contribution in [2.24, 2.45) is 45.3 Å². The van der Waals surface area contributed by atoms with Crippen molar-refractivity contribution in [3.05, 3.63) is 11.6 Å². The Bertz CT molecular complexity index is 981. The van der Waals surface area contributed by atoms with E-state index in [1.165, 1.54) is 39.0 Å². The fourth-order valence-electron chi connectivity index (χ4n) is 10.2. The summed E-state index contributed by atoms with van der Waals surface area (Å²) in [5.74, 6) is 1.22. The number of ketones is 2. The molecule has 4 saturated carbocycles. The molecule has 35 heavy (non-hydrogen) atoms. The average molecular weight is 485 g/mol. The van der Waals surface area contributed by atoms with Crippen LogP contribution in [0, 0.1) is 45.3 Å². The van der Waals surface area contributed by atoms with Gasteiger partial charge < -0.3 is 9.84 Å². The third-order valence-corrected chi connectivity index (χ3v) is 11.9. The monoisotopic (exact) mass is 484 g/mol. The Morgan fingerprint density at radius 1 is 1.11 bits per heavy atom. The van der Waals surface area contributed by atoms with Gasteiger partial charge >= 0.3 is 5.97 Å². The van der Waals surface area contributed by atoms with Crippen molar-refractivity contribution in [3.63, 3.8) is 0 Å². The number of allylic oxidation sites excluding steroid dienone is 1. The second-order valence-electron chi connectivity index (χ2n) is 13.8. The lowest BCUT2D eigenvalue weighted by Gasteiger charge is -2.68. The van der Waals surface area contributed by atoms with Gasteiger partial charge in [-0.1, -0.05) is 40.2 Å². The van der Waals surface area contributed by atoms with Gasteiger partial charge in [-0.05, 0) is 92.3 Å². The molecule has 1 N–H and O–H groups in total. The minimum Gasteiger partial charge on any atom is -0.461 e. The number of Topliss-reactive ketones (excluding diaryl/α,β-unsaturated/α-hetero) is 2. The first kappa shape index (κ1) is 25.2. The van der Waals surface area contributed by atoms with Crippen molar-refractivity contribution in [1.82, 2.24) is 0 Å². The summed E-state index contributed by atoms with van der Waals surface area (Å²) in [6, 6.07) is 0. The number of carbonyl (C=O) groups excluding carboxylic acids is 3. The lowest BCUT2D eigenvalue weighted by molar-refractivity contribution is -0.219. The van der Waals surface area contributed by atoms with E-state index in [-0.39, 0.29) is 40.3 Å². The molecule has 0 bridgehead atoms. The maximum Gasteiger partial charge on any atom is 0.308 e. The summed E-state index contributed by atoms with van der Waals surface area (Å²) in [5, 5.41) is 9.81. The van der Waals surface area contributed by atoms with Gasteiger partial charge in [0.1, 0.15) is 6.10 Å². The number of carbonyl (C=O) groups is 3. The molecular formula is C30H44O5. The molecule has 0 heterocycles. The predicted octanol–water partition coefficient (Wildman–Crippen LogP) is 5.43. The van der Waals surface area contributed by atoms with Crippen LogP contribution in [-0.4, -0.2) is 34.9 Å². The third kappa shape index (κ3) is 3.54. The average Bonchev–Trinajstić information content (AvgIpc) is 3.38. The van der Waals surface area contributed by atoms with E-state index in [0.29, 0.717) is 23.7 Å². The Kier molecular flexibility index (Phi) is 5.76. The van der Waals surface area contributed by atoms with Gasteiger partial charge in [0, 0.05) is 11.8 Å². The Morgan fingerprint density at radius 2 is 1.77 bits per heavy atom. The Balaban J connectivity index is 1.58. The molecule has 5 nitrogen and oxygen atoms in total. The van der Waals surface area contributed by atoms with Gasteiger partial charge in [-0.15, -0.1) is 0 Å². The third-order valence-electron chi connectivity index (χ3n) is 11.9. The molecule has 0 aliphatic heterocycles. The normalized spacial score (nSPS) is 49.3. The number of rotatable bonds is 4. The highest BCUT2D eigenvalue weighted by molar-refractivity contribution is 6.20. The fraction of sp³-hybridized carbons (Fsp3) is 0.833. The molecular weight excluding hydrogens is 440 g/mol. The maximum absolute atomic E-state index is 13.2. The number of ether oxygens (including phenoxy) is 1. The van der Waals surface area contributed by atoms with Crippen LogP contribution in [0.1, 0.15) is 99.3 Å². The quantitative estimate of drug-likeness (QED) is 0.425. The van der Waals surface area contributed by atoms with Crippen molar-refractivity contribution in [2.75, 3.05) is 0 Å². The van der Waals surface area contributed by atoms with Crippen LogP contribution < -0.4 is 0 Å². The second kappa shape index (κ2) is 8.00. The molecule has 10 atom stereocenters. The second-order valence-corrected chi connectivity index (χ2v) is 13.8. The van der Waals surface area contributed by atoms with Crippen molar-refractivity contribution in [3.8, 4) is 0 Å². The summed E-state index contributed by atoms with van der Waals surface area (Å²) in [7, 11) is 0. The van der Waals surface area contributed by atoms with Gasteiger partial charge in [-0.2, -0.15) is 0 Å². The number of hydrogen-bond acceptors (Lipinski definition) is 5. The molecule has 0 radical (unpaired) electrons. The van der Waals surface area contributed by atoms with Crippen molar-refractivity contribution in [1.29, 1.82) is 0 Å². The molecule has 0 aromatic carbocycles. The van der Waals surface area contributed by atoms with Crippen LogP contribution in [-0.2, 0) is 19.1 Å². The topological polar surface area (TPSA) is 80.7 Å². The zero-order valence-electron chi connectivity index (χ0n) is 22.5.